The van der Waals surface area contributed by atoms with E-state index in [1.165, 1.54) is 23.5 Å². The molecule has 1 aromatic heterocycles. The molecule has 0 bridgehead atoms. The van der Waals surface area contributed by atoms with Crippen LogP contribution in [0.1, 0.15) is 21.5 Å². The highest BCUT2D eigenvalue weighted by Crippen LogP contribution is 2.20. The SMILES string of the molecule is C#CCn1c(=NC(=O)c2ccc(NS(=O)(=O)c3ccc(C)cc3)cc2)sc2cc(C)ccc21. The fourth-order valence-corrected chi connectivity index (χ4v) is 5.46. The lowest BCUT2D eigenvalue weighted by Gasteiger charge is -2.08. The van der Waals surface area contributed by atoms with Gasteiger partial charge in [-0.05, 0) is 67.9 Å². The molecule has 0 aliphatic carbocycles. The van der Waals surface area contributed by atoms with E-state index in [-0.39, 0.29) is 4.90 Å². The van der Waals surface area contributed by atoms with Crippen LogP contribution in [-0.4, -0.2) is 18.9 Å². The summed E-state index contributed by atoms with van der Waals surface area (Å²) in [4.78, 5) is 17.8. The van der Waals surface area contributed by atoms with Gasteiger partial charge in [0.05, 0.1) is 21.7 Å². The van der Waals surface area contributed by atoms with Gasteiger partial charge in [-0.25, -0.2) is 8.42 Å². The van der Waals surface area contributed by atoms with Gasteiger partial charge < -0.3 is 4.57 Å². The number of terminal acetylenes is 1. The topological polar surface area (TPSA) is 80.5 Å². The van der Waals surface area contributed by atoms with Crippen LogP contribution in [0.5, 0.6) is 0 Å². The van der Waals surface area contributed by atoms with E-state index in [0.717, 1.165) is 21.3 Å². The van der Waals surface area contributed by atoms with Crippen LogP contribution in [0.2, 0.25) is 0 Å². The Morgan fingerprint density at radius 1 is 1.03 bits per heavy atom. The molecule has 0 aliphatic heterocycles. The summed E-state index contributed by atoms with van der Waals surface area (Å²) in [6, 6.07) is 18.7. The molecular weight excluding hydrogens is 454 g/mol. The molecule has 0 atom stereocenters. The van der Waals surface area contributed by atoms with Gasteiger partial charge in [0.1, 0.15) is 0 Å². The standard InChI is InChI=1S/C25H21N3O3S2/c1-4-15-28-22-14-7-18(3)16-23(22)32-25(28)26-24(29)19-8-10-20(11-9-19)27-33(30,31)21-12-5-17(2)6-13-21/h1,5-14,16,27H,15H2,2-3H3. The predicted molar refractivity (Wildman–Crippen MR) is 132 cm³/mol. The molecule has 0 aliphatic rings. The second kappa shape index (κ2) is 9.06. The van der Waals surface area contributed by atoms with E-state index in [4.69, 9.17) is 6.42 Å². The maximum Gasteiger partial charge on any atom is 0.279 e. The Labute approximate surface area is 196 Å². The minimum Gasteiger partial charge on any atom is -0.305 e. The van der Waals surface area contributed by atoms with Crippen LogP contribution in [0.15, 0.2) is 76.6 Å². The van der Waals surface area contributed by atoms with Gasteiger partial charge in [0.25, 0.3) is 15.9 Å². The average Bonchev–Trinajstić information content (AvgIpc) is 3.10. The molecule has 0 unspecified atom stereocenters. The Kier molecular flexibility index (Phi) is 6.18. The summed E-state index contributed by atoms with van der Waals surface area (Å²) in [5, 5.41) is 0. The molecule has 0 fully saturated rings. The predicted octanol–water partition coefficient (Wildman–Crippen LogP) is 4.49. The van der Waals surface area contributed by atoms with Gasteiger partial charge in [-0.3, -0.25) is 9.52 Å². The van der Waals surface area contributed by atoms with Gasteiger partial charge in [0.2, 0.25) is 0 Å². The normalized spacial score (nSPS) is 12.0. The van der Waals surface area contributed by atoms with Gasteiger partial charge >= 0.3 is 0 Å². The van der Waals surface area contributed by atoms with Crippen LogP contribution in [-0.2, 0) is 16.6 Å². The summed E-state index contributed by atoms with van der Waals surface area (Å²) in [6.07, 6.45) is 5.52. The zero-order valence-corrected chi connectivity index (χ0v) is 19.7. The van der Waals surface area contributed by atoms with Crippen molar-refractivity contribution in [2.24, 2.45) is 4.99 Å². The van der Waals surface area contributed by atoms with Gasteiger partial charge in [0.15, 0.2) is 4.80 Å². The van der Waals surface area contributed by atoms with Crippen molar-refractivity contribution in [3.63, 3.8) is 0 Å². The van der Waals surface area contributed by atoms with Crippen molar-refractivity contribution in [3.05, 3.63) is 88.2 Å². The van der Waals surface area contributed by atoms with Gasteiger partial charge in [-0.1, -0.05) is 41.0 Å². The number of rotatable bonds is 5. The van der Waals surface area contributed by atoms with Crippen LogP contribution in [0.4, 0.5) is 5.69 Å². The Morgan fingerprint density at radius 3 is 2.36 bits per heavy atom. The first-order valence-corrected chi connectivity index (χ1v) is 12.4. The van der Waals surface area contributed by atoms with Crippen LogP contribution >= 0.6 is 11.3 Å². The van der Waals surface area contributed by atoms with Crippen molar-refractivity contribution in [2.75, 3.05) is 4.72 Å². The quantitative estimate of drug-likeness (QED) is 0.432. The number of thiazole rings is 1. The smallest absolute Gasteiger partial charge is 0.279 e. The minimum absolute atomic E-state index is 0.168. The maximum atomic E-state index is 12.8. The highest BCUT2D eigenvalue weighted by Gasteiger charge is 2.14. The molecule has 0 saturated heterocycles. The number of anilines is 1. The molecular formula is C25H21N3O3S2. The molecule has 3 aromatic carbocycles. The lowest BCUT2D eigenvalue weighted by atomic mass is 10.2. The third-order valence-electron chi connectivity index (χ3n) is 5.00. The zero-order valence-electron chi connectivity index (χ0n) is 18.1. The third-order valence-corrected chi connectivity index (χ3v) is 7.44. The summed E-state index contributed by atoms with van der Waals surface area (Å²) < 4.78 is 30.5. The number of nitrogens with one attached hydrogen (secondary N) is 1. The molecule has 0 radical (unpaired) electrons. The van der Waals surface area contributed by atoms with Gasteiger partial charge in [-0.2, -0.15) is 4.99 Å². The number of fused-ring (bicyclic) bond motifs is 1. The Morgan fingerprint density at radius 2 is 1.70 bits per heavy atom. The van der Waals surface area contributed by atoms with Crippen molar-refractivity contribution in [1.82, 2.24) is 4.57 Å². The molecule has 1 amide bonds. The highest BCUT2D eigenvalue weighted by atomic mass is 32.2. The van der Waals surface area contributed by atoms with Gasteiger partial charge in [-0.15, -0.1) is 6.42 Å². The van der Waals surface area contributed by atoms with E-state index >= 15 is 0 Å². The number of benzene rings is 3. The van der Waals surface area contributed by atoms with Crippen molar-refractivity contribution < 1.29 is 13.2 Å². The monoisotopic (exact) mass is 475 g/mol. The summed E-state index contributed by atoms with van der Waals surface area (Å²) in [6.45, 7) is 4.19. The van der Waals surface area contributed by atoms with Crippen molar-refractivity contribution in [1.29, 1.82) is 0 Å². The minimum atomic E-state index is -3.72. The lowest BCUT2D eigenvalue weighted by Crippen LogP contribution is -2.16. The average molecular weight is 476 g/mol. The number of amides is 1. The number of carbonyl (C=O) groups is 1. The van der Waals surface area contributed by atoms with Crippen molar-refractivity contribution >= 4 is 43.2 Å². The molecule has 4 aromatic rings. The highest BCUT2D eigenvalue weighted by molar-refractivity contribution is 7.92. The molecule has 0 spiro atoms. The lowest BCUT2D eigenvalue weighted by molar-refractivity contribution is 0.0998. The first-order chi connectivity index (χ1) is 15.8. The van der Waals surface area contributed by atoms with Crippen molar-refractivity contribution in [3.8, 4) is 12.3 Å². The van der Waals surface area contributed by atoms with E-state index < -0.39 is 15.9 Å². The van der Waals surface area contributed by atoms with E-state index in [9.17, 15) is 13.2 Å². The molecule has 4 rings (SSSR count). The molecule has 1 N–H and O–H groups in total. The van der Waals surface area contributed by atoms with Crippen LogP contribution in [0, 0.1) is 26.2 Å². The summed E-state index contributed by atoms with van der Waals surface area (Å²) >= 11 is 1.40. The van der Waals surface area contributed by atoms with E-state index in [2.05, 4.69) is 15.6 Å². The third kappa shape index (κ3) is 4.90. The zero-order chi connectivity index (χ0) is 23.6. The molecule has 0 saturated carbocycles. The number of hydrogen-bond donors (Lipinski definition) is 1. The van der Waals surface area contributed by atoms with Crippen molar-refractivity contribution in [2.45, 2.75) is 25.3 Å². The fourth-order valence-electron chi connectivity index (χ4n) is 3.27. The number of aromatic nitrogens is 1. The molecule has 1 heterocycles. The Bertz CT molecular complexity index is 1550. The first-order valence-electron chi connectivity index (χ1n) is 10.1. The molecule has 33 heavy (non-hydrogen) atoms. The number of sulfonamides is 1. The number of carbonyl (C=O) groups excluding carboxylic acids is 1. The van der Waals surface area contributed by atoms with Crippen LogP contribution in [0.3, 0.4) is 0 Å². The number of hydrogen-bond acceptors (Lipinski definition) is 4. The molecule has 8 heteroatoms. The summed E-state index contributed by atoms with van der Waals surface area (Å²) in [5.74, 6) is 2.18. The van der Waals surface area contributed by atoms with Gasteiger partial charge in [0, 0.05) is 11.3 Å². The summed E-state index contributed by atoms with van der Waals surface area (Å²) in [5.41, 5.74) is 3.70. The van der Waals surface area contributed by atoms with Crippen LogP contribution in [0.25, 0.3) is 10.2 Å². The maximum absolute atomic E-state index is 12.8. The fraction of sp³-hybridized carbons (Fsp3) is 0.120. The second-order valence-electron chi connectivity index (χ2n) is 7.56. The second-order valence-corrected chi connectivity index (χ2v) is 10.3. The van der Waals surface area contributed by atoms with E-state index in [1.807, 2.05) is 36.6 Å². The van der Waals surface area contributed by atoms with E-state index in [0.29, 0.717) is 22.6 Å². The van der Waals surface area contributed by atoms with E-state index in [1.54, 1.807) is 36.4 Å². The molecule has 6 nitrogen and oxygen atoms in total. The summed E-state index contributed by atoms with van der Waals surface area (Å²) in [7, 11) is -3.72. The number of nitrogens with zero attached hydrogens (tertiary/aromatic N) is 2. The number of aryl methyl sites for hydroxylation is 2. The Hall–Kier alpha value is -3.67. The molecule has 166 valence electrons. The van der Waals surface area contributed by atoms with Crippen LogP contribution < -0.4 is 9.52 Å². The first kappa shape index (κ1) is 22.5. The Balaban J connectivity index is 1.60. The largest absolute Gasteiger partial charge is 0.305 e.